The number of carbonyl (C=O) groups excluding carboxylic acids is 1. The van der Waals surface area contributed by atoms with Crippen molar-refractivity contribution < 1.29 is 27.8 Å². The first-order chi connectivity index (χ1) is 16.8. The van der Waals surface area contributed by atoms with E-state index in [-0.39, 0.29) is 24.2 Å². The number of rotatable bonds is 8. The topological polar surface area (TPSA) is 114 Å². The summed E-state index contributed by atoms with van der Waals surface area (Å²) in [6.45, 7) is 1.49. The SMILES string of the molecule is C[C@H](CO)NS(=O)(=O)c1ccc(-c2cccc(NC(=O)C3(c4ccc5c(c4)OCO5)CC3)c2)cc1. The number of carbonyl (C=O) groups is 1. The Labute approximate surface area is 203 Å². The van der Waals surface area contributed by atoms with Crippen LogP contribution in [-0.2, 0) is 20.2 Å². The number of sulfonamides is 1. The van der Waals surface area contributed by atoms with E-state index in [9.17, 15) is 13.2 Å². The lowest BCUT2D eigenvalue weighted by atomic mass is 9.94. The quantitative estimate of drug-likeness (QED) is 0.442. The van der Waals surface area contributed by atoms with Gasteiger partial charge in [0, 0.05) is 11.7 Å². The van der Waals surface area contributed by atoms with Gasteiger partial charge < -0.3 is 19.9 Å². The minimum atomic E-state index is -3.72. The fourth-order valence-electron chi connectivity index (χ4n) is 4.19. The van der Waals surface area contributed by atoms with Crippen LogP contribution in [0.15, 0.2) is 71.6 Å². The molecule has 8 nitrogen and oxygen atoms in total. The molecule has 0 spiro atoms. The van der Waals surface area contributed by atoms with Gasteiger partial charge in [0.2, 0.25) is 22.7 Å². The number of aliphatic hydroxyl groups is 1. The number of fused-ring (bicyclic) bond motifs is 1. The molecule has 3 aromatic carbocycles. The first-order valence-corrected chi connectivity index (χ1v) is 12.8. The molecule has 1 heterocycles. The Kier molecular flexibility index (Phi) is 6.00. The molecule has 5 rings (SSSR count). The van der Waals surface area contributed by atoms with Crippen LogP contribution in [0.3, 0.4) is 0 Å². The van der Waals surface area contributed by atoms with E-state index >= 15 is 0 Å². The van der Waals surface area contributed by atoms with Crippen LogP contribution in [-0.4, -0.2) is 38.9 Å². The monoisotopic (exact) mass is 494 g/mol. The molecule has 35 heavy (non-hydrogen) atoms. The highest BCUT2D eigenvalue weighted by Crippen LogP contribution is 2.51. The summed E-state index contributed by atoms with van der Waals surface area (Å²) in [5, 5.41) is 12.2. The van der Waals surface area contributed by atoms with Crippen molar-refractivity contribution in [3.05, 3.63) is 72.3 Å². The molecule has 1 saturated carbocycles. The van der Waals surface area contributed by atoms with Crippen molar-refractivity contribution in [2.45, 2.75) is 36.1 Å². The Bertz CT molecular complexity index is 1370. The fraction of sp³-hybridized carbons (Fsp3) is 0.269. The summed E-state index contributed by atoms with van der Waals surface area (Å²) in [6.07, 6.45) is 1.52. The minimum absolute atomic E-state index is 0.0703. The zero-order valence-electron chi connectivity index (χ0n) is 19.2. The molecule has 182 valence electrons. The molecule has 0 unspecified atom stereocenters. The Morgan fingerprint density at radius 1 is 1.00 bits per heavy atom. The van der Waals surface area contributed by atoms with Crippen LogP contribution in [0.2, 0.25) is 0 Å². The Hall–Kier alpha value is -3.40. The maximum Gasteiger partial charge on any atom is 0.240 e. The lowest BCUT2D eigenvalue weighted by Gasteiger charge is -2.17. The highest BCUT2D eigenvalue weighted by atomic mass is 32.2. The molecule has 2 aliphatic rings. The Morgan fingerprint density at radius 2 is 1.74 bits per heavy atom. The van der Waals surface area contributed by atoms with Crippen LogP contribution < -0.4 is 19.5 Å². The highest BCUT2D eigenvalue weighted by Gasteiger charge is 2.51. The lowest BCUT2D eigenvalue weighted by molar-refractivity contribution is -0.118. The summed E-state index contributed by atoms with van der Waals surface area (Å²) in [5.74, 6) is 1.28. The predicted octanol–water partition coefficient (Wildman–Crippen LogP) is 3.41. The van der Waals surface area contributed by atoms with Crippen molar-refractivity contribution in [3.63, 3.8) is 0 Å². The van der Waals surface area contributed by atoms with Gasteiger partial charge in [0.15, 0.2) is 11.5 Å². The Morgan fingerprint density at radius 3 is 2.46 bits per heavy atom. The van der Waals surface area contributed by atoms with Crippen molar-refractivity contribution in [2.75, 3.05) is 18.7 Å². The summed E-state index contributed by atoms with van der Waals surface area (Å²) in [7, 11) is -3.72. The summed E-state index contributed by atoms with van der Waals surface area (Å²) in [6, 6.07) is 19.0. The zero-order chi connectivity index (χ0) is 24.6. The molecule has 0 saturated heterocycles. The van der Waals surface area contributed by atoms with Crippen molar-refractivity contribution >= 4 is 21.6 Å². The summed E-state index contributed by atoms with van der Waals surface area (Å²) >= 11 is 0. The van der Waals surface area contributed by atoms with Gasteiger partial charge in [-0.15, -0.1) is 0 Å². The molecule has 1 amide bonds. The van der Waals surface area contributed by atoms with E-state index in [1.165, 1.54) is 12.1 Å². The van der Waals surface area contributed by atoms with Crippen molar-refractivity contribution in [2.24, 2.45) is 0 Å². The van der Waals surface area contributed by atoms with E-state index < -0.39 is 21.5 Å². The number of ether oxygens (including phenoxy) is 2. The van der Waals surface area contributed by atoms with E-state index in [4.69, 9.17) is 14.6 Å². The van der Waals surface area contributed by atoms with E-state index in [0.717, 1.165) is 29.5 Å². The van der Waals surface area contributed by atoms with Gasteiger partial charge in [0.25, 0.3) is 0 Å². The van der Waals surface area contributed by atoms with E-state index in [1.807, 2.05) is 42.5 Å². The number of aliphatic hydroxyl groups excluding tert-OH is 1. The van der Waals surface area contributed by atoms with Gasteiger partial charge in [0.05, 0.1) is 16.9 Å². The second-order valence-corrected chi connectivity index (χ2v) is 10.6. The standard InChI is InChI=1S/C26H26N2O6S/c1-17(15-29)28-35(31,32)22-8-5-18(6-9-22)19-3-2-4-21(13-19)27-25(30)26(11-12-26)20-7-10-23-24(14-20)34-16-33-23/h2-10,13-14,17,28-29H,11-12,15-16H2,1H3,(H,27,30)/t17-/m1/s1. The number of hydrogen-bond acceptors (Lipinski definition) is 6. The number of nitrogens with one attached hydrogen (secondary N) is 2. The van der Waals surface area contributed by atoms with Crippen LogP contribution in [0.5, 0.6) is 11.5 Å². The molecule has 3 aromatic rings. The summed E-state index contributed by atoms with van der Waals surface area (Å²) < 4.78 is 38.1. The molecular formula is C26H26N2O6S. The predicted molar refractivity (Wildman–Crippen MR) is 131 cm³/mol. The van der Waals surface area contributed by atoms with Crippen molar-refractivity contribution in [1.29, 1.82) is 0 Å². The molecule has 1 aliphatic heterocycles. The van der Waals surface area contributed by atoms with Gasteiger partial charge in [0.1, 0.15) is 0 Å². The molecule has 0 bridgehead atoms. The third-order valence-electron chi connectivity index (χ3n) is 6.36. The van der Waals surface area contributed by atoms with E-state index in [2.05, 4.69) is 10.0 Å². The van der Waals surface area contributed by atoms with Gasteiger partial charge in [-0.1, -0.05) is 30.3 Å². The van der Waals surface area contributed by atoms with Gasteiger partial charge in [-0.2, -0.15) is 0 Å². The zero-order valence-corrected chi connectivity index (χ0v) is 20.0. The maximum atomic E-state index is 13.2. The van der Waals surface area contributed by atoms with Gasteiger partial charge >= 0.3 is 0 Å². The second kappa shape index (κ2) is 8.99. The summed E-state index contributed by atoms with van der Waals surface area (Å²) in [4.78, 5) is 13.4. The van der Waals surface area contributed by atoms with Crippen LogP contribution in [0.4, 0.5) is 5.69 Å². The lowest BCUT2D eigenvalue weighted by Crippen LogP contribution is -2.34. The molecule has 1 atom stereocenters. The third kappa shape index (κ3) is 4.62. The maximum absolute atomic E-state index is 13.2. The van der Waals surface area contributed by atoms with Crippen LogP contribution in [0.25, 0.3) is 11.1 Å². The highest BCUT2D eigenvalue weighted by molar-refractivity contribution is 7.89. The minimum Gasteiger partial charge on any atom is -0.454 e. The van der Waals surface area contributed by atoms with Crippen LogP contribution in [0.1, 0.15) is 25.3 Å². The largest absolute Gasteiger partial charge is 0.454 e. The fourth-order valence-corrected chi connectivity index (χ4v) is 5.42. The van der Waals surface area contributed by atoms with Gasteiger partial charge in [-0.25, -0.2) is 13.1 Å². The Balaban J connectivity index is 1.32. The number of amides is 1. The smallest absolute Gasteiger partial charge is 0.240 e. The molecule has 0 aromatic heterocycles. The van der Waals surface area contributed by atoms with Crippen LogP contribution >= 0.6 is 0 Å². The molecule has 1 fully saturated rings. The number of anilines is 1. The van der Waals surface area contributed by atoms with E-state index in [0.29, 0.717) is 17.2 Å². The van der Waals surface area contributed by atoms with Crippen molar-refractivity contribution in [3.8, 4) is 22.6 Å². The average Bonchev–Trinajstić information content (AvgIpc) is 3.55. The molecule has 1 aliphatic carbocycles. The first-order valence-electron chi connectivity index (χ1n) is 11.4. The molecule has 0 radical (unpaired) electrons. The number of hydrogen-bond donors (Lipinski definition) is 3. The number of benzene rings is 3. The van der Waals surface area contributed by atoms with Gasteiger partial charge in [-0.05, 0) is 72.9 Å². The van der Waals surface area contributed by atoms with Gasteiger partial charge in [-0.3, -0.25) is 4.79 Å². The second-order valence-electron chi connectivity index (χ2n) is 8.91. The molecular weight excluding hydrogens is 468 g/mol. The first kappa shape index (κ1) is 23.3. The molecule has 3 N–H and O–H groups in total. The third-order valence-corrected chi connectivity index (χ3v) is 7.96. The summed E-state index contributed by atoms with van der Waals surface area (Å²) in [5.41, 5.74) is 2.65. The molecule has 9 heteroatoms. The van der Waals surface area contributed by atoms with E-state index in [1.54, 1.807) is 19.1 Å². The van der Waals surface area contributed by atoms with Crippen molar-refractivity contribution in [1.82, 2.24) is 4.72 Å². The van der Waals surface area contributed by atoms with Crippen LogP contribution in [0, 0.1) is 0 Å². The average molecular weight is 495 g/mol. The normalized spacial score (nSPS) is 16.5.